The zero-order chi connectivity index (χ0) is 13.9. The minimum Gasteiger partial charge on any atom is -0.302 e. The Morgan fingerprint density at radius 1 is 1.47 bits per heavy atom. The molecule has 1 aromatic rings. The van der Waals surface area contributed by atoms with Gasteiger partial charge in [0.2, 0.25) is 0 Å². The Bertz CT molecular complexity index is 528. The number of sulfone groups is 1. The fourth-order valence-corrected chi connectivity index (χ4v) is 4.51. The third-order valence-electron chi connectivity index (χ3n) is 3.66. The molecule has 0 spiro atoms. The highest BCUT2D eigenvalue weighted by atomic mass is 32.2. The van der Waals surface area contributed by atoms with Crippen molar-refractivity contribution in [3.8, 4) is 0 Å². The van der Waals surface area contributed by atoms with Gasteiger partial charge in [-0.2, -0.15) is 0 Å². The maximum absolute atomic E-state index is 11.4. The van der Waals surface area contributed by atoms with Gasteiger partial charge in [-0.25, -0.2) is 8.42 Å². The summed E-state index contributed by atoms with van der Waals surface area (Å²) in [7, 11) is -0.652. The van der Waals surface area contributed by atoms with E-state index in [9.17, 15) is 8.42 Å². The molecule has 1 atom stereocenters. The second-order valence-corrected chi connectivity index (χ2v) is 7.83. The summed E-state index contributed by atoms with van der Waals surface area (Å²) in [5, 5.41) is 0. The third kappa shape index (κ3) is 4.58. The van der Waals surface area contributed by atoms with Gasteiger partial charge in [0, 0.05) is 18.4 Å². The van der Waals surface area contributed by atoms with E-state index in [2.05, 4.69) is 23.0 Å². The highest BCUT2D eigenvalue weighted by Crippen LogP contribution is 2.21. The molecule has 106 valence electrons. The van der Waals surface area contributed by atoms with Crippen molar-refractivity contribution in [2.45, 2.75) is 26.3 Å². The van der Waals surface area contributed by atoms with Crippen molar-refractivity contribution >= 4 is 9.84 Å². The van der Waals surface area contributed by atoms with Crippen LogP contribution in [0.15, 0.2) is 18.3 Å². The molecule has 0 N–H and O–H groups in total. The van der Waals surface area contributed by atoms with Crippen LogP contribution in [0, 0.1) is 12.8 Å². The normalized spacial score (nSPS) is 21.9. The Morgan fingerprint density at radius 2 is 2.26 bits per heavy atom. The van der Waals surface area contributed by atoms with Crippen LogP contribution >= 0.6 is 0 Å². The second-order valence-electron chi connectivity index (χ2n) is 5.60. The lowest BCUT2D eigenvalue weighted by molar-refractivity contribution is 0.299. The summed E-state index contributed by atoms with van der Waals surface area (Å²) in [6.07, 6.45) is 3.65. The zero-order valence-corrected chi connectivity index (χ0v) is 12.5. The number of pyridine rings is 1. The SMILES string of the molecule is Cc1cc(CN(C)CC[C@@H]2CCS(=O)(=O)C2)ccn1. The van der Waals surface area contributed by atoms with Gasteiger partial charge in [-0.1, -0.05) is 0 Å². The maximum atomic E-state index is 11.4. The molecule has 1 aromatic heterocycles. The average molecular weight is 282 g/mol. The first-order chi connectivity index (χ1) is 8.94. The van der Waals surface area contributed by atoms with Gasteiger partial charge in [0.1, 0.15) is 0 Å². The number of hydrogen-bond acceptors (Lipinski definition) is 4. The minimum atomic E-state index is -2.73. The number of hydrogen-bond donors (Lipinski definition) is 0. The average Bonchev–Trinajstić information content (AvgIpc) is 2.66. The summed E-state index contributed by atoms with van der Waals surface area (Å²) >= 11 is 0. The molecule has 1 fully saturated rings. The van der Waals surface area contributed by atoms with E-state index in [4.69, 9.17) is 0 Å². The van der Waals surface area contributed by atoms with Crippen LogP contribution in [0.5, 0.6) is 0 Å². The Morgan fingerprint density at radius 3 is 2.89 bits per heavy atom. The van der Waals surface area contributed by atoms with Crippen molar-refractivity contribution in [3.63, 3.8) is 0 Å². The molecule has 0 unspecified atom stereocenters. The lowest BCUT2D eigenvalue weighted by Crippen LogP contribution is -2.21. The van der Waals surface area contributed by atoms with Gasteiger partial charge in [0.15, 0.2) is 9.84 Å². The number of nitrogens with zero attached hydrogens (tertiary/aromatic N) is 2. The molecule has 2 heterocycles. The number of aromatic nitrogens is 1. The summed E-state index contributed by atoms with van der Waals surface area (Å²) in [6.45, 7) is 3.83. The molecule has 4 nitrogen and oxygen atoms in total. The van der Waals surface area contributed by atoms with Gasteiger partial charge >= 0.3 is 0 Å². The van der Waals surface area contributed by atoms with Crippen LogP contribution in [-0.4, -0.2) is 43.4 Å². The first-order valence-corrected chi connectivity index (χ1v) is 8.57. The van der Waals surface area contributed by atoms with Crippen LogP contribution in [0.4, 0.5) is 0 Å². The van der Waals surface area contributed by atoms with Crippen LogP contribution in [0.3, 0.4) is 0 Å². The highest BCUT2D eigenvalue weighted by Gasteiger charge is 2.27. The topological polar surface area (TPSA) is 50.3 Å². The largest absolute Gasteiger partial charge is 0.302 e. The van der Waals surface area contributed by atoms with Crippen molar-refractivity contribution < 1.29 is 8.42 Å². The van der Waals surface area contributed by atoms with E-state index in [0.29, 0.717) is 17.4 Å². The first kappa shape index (κ1) is 14.5. The molecular weight excluding hydrogens is 260 g/mol. The number of rotatable bonds is 5. The fraction of sp³-hybridized carbons (Fsp3) is 0.643. The predicted molar refractivity (Wildman–Crippen MR) is 76.7 cm³/mol. The van der Waals surface area contributed by atoms with Gasteiger partial charge in [0.25, 0.3) is 0 Å². The van der Waals surface area contributed by atoms with Crippen molar-refractivity contribution in [2.24, 2.45) is 5.92 Å². The molecule has 0 radical (unpaired) electrons. The standard InChI is InChI=1S/C14H22N2O2S/c1-12-9-14(3-6-15-12)10-16(2)7-4-13-5-8-19(17,18)11-13/h3,6,9,13H,4-5,7-8,10-11H2,1-2H3/t13-/m1/s1. The van der Waals surface area contributed by atoms with Crippen molar-refractivity contribution in [1.29, 1.82) is 0 Å². The van der Waals surface area contributed by atoms with Gasteiger partial charge in [-0.15, -0.1) is 0 Å². The van der Waals surface area contributed by atoms with Crippen LogP contribution < -0.4 is 0 Å². The van der Waals surface area contributed by atoms with E-state index in [1.807, 2.05) is 19.2 Å². The molecule has 1 aliphatic heterocycles. The first-order valence-electron chi connectivity index (χ1n) is 6.75. The molecule has 2 rings (SSSR count). The van der Waals surface area contributed by atoms with Crippen LogP contribution in [0.1, 0.15) is 24.1 Å². The third-order valence-corrected chi connectivity index (χ3v) is 5.50. The molecule has 1 aliphatic rings. The lowest BCUT2D eigenvalue weighted by atomic mass is 10.1. The molecule has 0 aromatic carbocycles. The van der Waals surface area contributed by atoms with Gasteiger partial charge in [-0.05, 0) is 57.0 Å². The van der Waals surface area contributed by atoms with Gasteiger partial charge in [-0.3, -0.25) is 4.98 Å². The molecule has 0 amide bonds. The monoisotopic (exact) mass is 282 g/mol. The summed E-state index contributed by atoms with van der Waals surface area (Å²) in [4.78, 5) is 6.44. The Balaban J connectivity index is 1.77. The van der Waals surface area contributed by atoms with E-state index in [-0.39, 0.29) is 0 Å². The highest BCUT2D eigenvalue weighted by molar-refractivity contribution is 7.91. The maximum Gasteiger partial charge on any atom is 0.150 e. The van der Waals surface area contributed by atoms with E-state index in [1.165, 1.54) is 5.56 Å². The molecular formula is C14H22N2O2S. The summed E-state index contributed by atoms with van der Waals surface area (Å²) < 4.78 is 22.8. The van der Waals surface area contributed by atoms with Gasteiger partial charge < -0.3 is 4.90 Å². The van der Waals surface area contributed by atoms with E-state index < -0.39 is 9.84 Å². The summed E-state index contributed by atoms with van der Waals surface area (Å²) in [5.41, 5.74) is 2.29. The van der Waals surface area contributed by atoms with Crippen molar-refractivity contribution in [2.75, 3.05) is 25.1 Å². The minimum absolute atomic E-state index is 0.353. The zero-order valence-electron chi connectivity index (χ0n) is 11.7. The molecule has 0 bridgehead atoms. The Hall–Kier alpha value is -0.940. The molecule has 0 aliphatic carbocycles. The van der Waals surface area contributed by atoms with Gasteiger partial charge in [0.05, 0.1) is 11.5 Å². The van der Waals surface area contributed by atoms with Crippen LogP contribution in [0.2, 0.25) is 0 Å². The smallest absolute Gasteiger partial charge is 0.150 e. The second kappa shape index (κ2) is 6.01. The van der Waals surface area contributed by atoms with Crippen LogP contribution in [0.25, 0.3) is 0 Å². The van der Waals surface area contributed by atoms with Crippen LogP contribution in [-0.2, 0) is 16.4 Å². The van der Waals surface area contributed by atoms with E-state index in [1.54, 1.807) is 0 Å². The lowest BCUT2D eigenvalue weighted by Gasteiger charge is -2.18. The Kier molecular flexibility index (Phi) is 4.58. The molecule has 19 heavy (non-hydrogen) atoms. The quantitative estimate of drug-likeness (QED) is 0.824. The summed E-state index contributed by atoms with van der Waals surface area (Å²) in [6, 6.07) is 4.13. The molecule has 5 heteroatoms. The molecule has 0 saturated carbocycles. The van der Waals surface area contributed by atoms with Crippen molar-refractivity contribution in [1.82, 2.24) is 9.88 Å². The summed E-state index contributed by atoms with van der Waals surface area (Å²) in [5.74, 6) is 1.12. The fourth-order valence-electron chi connectivity index (χ4n) is 2.60. The van der Waals surface area contributed by atoms with E-state index in [0.717, 1.165) is 31.6 Å². The number of aryl methyl sites for hydroxylation is 1. The Labute approximate surface area is 115 Å². The van der Waals surface area contributed by atoms with E-state index >= 15 is 0 Å². The van der Waals surface area contributed by atoms with Crippen molar-refractivity contribution in [3.05, 3.63) is 29.6 Å². The molecule has 1 saturated heterocycles. The predicted octanol–water partition coefficient (Wildman–Crippen LogP) is 1.65.